The molecule has 1 saturated heterocycles. The van der Waals surface area contributed by atoms with Crippen LogP contribution in [0.2, 0.25) is 0 Å². The molecule has 0 aromatic rings. The van der Waals surface area contributed by atoms with Crippen LogP contribution in [-0.2, 0) is 19.1 Å². The van der Waals surface area contributed by atoms with E-state index in [1.165, 1.54) is 7.11 Å². The molecule has 2 unspecified atom stereocenters. The van der Waals surface area contributed by atoms with Gasteiger partial charge in [-0.2, -0.15) is 0 Å². The maximum atomic E-state index is 11.8. The van der Waals surface area contributed by atoms with E-state index < -0.39 is 0 Å². The molecule has 2 atom stereocenters. The van der Waals surface area contributed by atoms with E-state index in [0.29, 0.717) is 19.7 Å². The average Bonchev–Trinajstić information content (AvgIpc) is 2.38. The van der Waals surface area contributed by atoms with Crippen molar-refractivity contribution in [3.63, 3.8) is 0 Å². The number of ether oxygens (including phenoxy) is 2. The summed E-state index contributed by atoms with van der Waals surface area (Å²) in [6, 6.07) is -0.314. The van der Waals surface area contributed by atoms with Gasteiger partial charge < -0.3 is 14.8 Å². The van der Waals surface area contributed by atoms with Crippen molar-refractivity contribution in [1.29, 1.82) is 0 Å². The van der Waals surface area contributed by atoms with Crippen molar-refractivity contribution in [1.82, 2.24) is 10.2 Å². The predicted molar refractivity (Wildman–Crippen MR) is 66.0 cm³/mol. The van der Waals surface area contributed by atoms with Crippen LogP contribution in [0.15, 0.2) is 0 Å². The first-order chi connectivity index (χ1) is 8.60. The topological polar surface area (TPSA) is 67.9 Å². The van der Waals surface area contributed by atoms with E-state index >= 15 is 0 Å². The van der Waals surface area contributed by atoms with Crippen molar-refractivity contribution in [2.45, 2.75) is 19.9 Å². The van der Waals surface area contributed by atoms with Crippen LogP contribution < -0.4 is 5.32 Å². The standard InChI is InChI=1S/C12H22N2O4/c1-4-18-12(16)10-7-13-5-6-14(10)8-9(2)11(15)17-3/h9-10,13H,4-8H2,1-3H3. The molecule has 1 N–H and O–H groups in total. The lowest BCUT2D eigenvalue weighted by molar-refractivity contribution is -0.153. The lowest BCUT2D eigenvalue weighted by atomic mass is 10.1. The van der Waals surface area contributed by atoms with Crippen molar-refractivity contribution in [2.75, 3.05) is 39.9 Å². The van der Waals surface area contributed by atoms with Gasteiger partial charge >= 0.3 is 11.9 Å². The fourth-order valence-corrected chi connectivity index (χ4v) is 2.06. The molecule has 0 spiro atoms. The summed E-state index contributed by atoms with van der Waals surface area (Å²) in [6.45, 7) is 6.57. The average molecular weight is 258 g/mol. The Labute approximate surface area is 108 Å². The molecular formula is C12H22N2O4. The summed E-state index contributed by atoms with van der Waals surface area (Å²) in [5.41, 5.74) is 0. The number of carbonyl (C=O) groups excluding carboxylic acids is 2. The maximum absolute atomic E-state index is 11.8. The highest BCUT2D eigenvalue weighted by atomic mass is 16.5. The van der Waals surface area contributed by atoms with Crippen LogP contribution in [0.5, 0.6) is 0 Å². The number of nitrogens with zero attached hydrogens (tertiary/aromatic N) is 1. The Hall–Kier alpha value is -1.14. The molecule has 1 fully saturated rings. The SMILES string of the molecule is CCOC(=O)C1CNCCN1CC(C)C(=O)OC. The summed E-state index contributed by atoms with van der Waals surface area (Å²) in [4.78, 5) is 25.2. The quantitative estimate of drug-likeness (QED) is 0.679. The highest BCUT2D eigenvalue weighted by Gasteiger charge is 2.31. The summed E-state index contributed by atoms with van der Waals surface area (Å²) >= 11 is 0. The monoisotopic (exact) mass is 258 g/mol. The van der Waals surface area contributed by atoms with Crippen LogP contribution in [0.1, 0.15) is 13.8 Å². The van der Waals surface area contributed by atoms with Crippen LogP contribution in [0.3, 0.4) is 0 Å². The minimum Gasteiger partial charge on any atom is -0.469 e. The third-order valence-electron chi connectivity index (χ3n) is 3.02. The second-order valence-electron chi connectivity index (χ2n) is 4.39. The lowest BCUT2D eigenvalue weighted by Gasteiger charge is -2.35. The number of carbonyl (C=O) groups is 2. The molecule has 6 nitrogen and oxygen atoms in total. The van der Waals surface area contributed by atoms with Crippen LogP contribution >= 0.6 is 0 Å². The molecule has 0 aromatic carbocycles. The molecular weight excluding hydrogens is 236 g/mol. The van der Waals surface area contributed by atoms with Gasteiger partial charge in [-0.05, 0) is 6.92 Å². The van der Waals surface area contributed by atoms with Gasteiger partial charge in [-0.25, -0.2) is 0 Å². The Balaban J connectivity index is 2.59. The van der Waals surface area contributed by atoms with Gasteiger partial charge in [0.1, 0.15) is 6.04 Å². The molecule has 1 aliphatic heterocycles. The largest absolute Gasteiger partial charge is 0.469 e. The Morgan fingerprint density at radius 3 is 2.83 bits per heavy atom. The maximum Gasteiger partial charge on any atom is 0.324 e. The summed E-state index contributed by atoms with van der Waals surface area (Å²) < 4.78 is 9.74. The molecule has 0 saturated carbocycles. The number of hydrogen-bond donors (Lipinski definition) is 1. The normalized spacial score (nSPS) is 22.3. The van der Waals surface area contributed by atoms with Crippen LogP contribution in [0.4, 0.5) is 0 Å². The zero-order valence-electron chi connectivity index (χ0n) is 11.3. The van der Waals surface area contributed by atoms with Gasteiger partial charge in [-0.1, -0.05) is 6.92 Å². The molecule has 0 amide bonds. The van der Waals surface area contributed by atoms with Crippen molar-refractivity contribution >= 4 is 11.9 Å². The van der Waals surface area contributed by atoms with Crippen molar-refractivity contribution in [3.8, 4) is 0 Å². The van der Waals surface area contributed by atoms with Crippen LogP contribution in [-0.4, -0.2) is 62.8 Å². The smallest absolute Gasteiger partial charge is 0.324 e. The zero-order chi connectivity index (χ0) is 13.5. The highest BCUT2D eigenvalue weighted by molar-refractivity contribution is 5.76. The van der Waals surface area contributed by atoms with Gasteiger partial charge in [-0.15, -0.1) is 0 Å². The van der Waals surface area contributed by atoms with E-state index in [1.807, 2.05) is 4.90 Å². The minimum atomic E-state index is -0.314. The summed E-state index contributed by atoms with van der Waals surface area (Å²) in [7, 11) is 1.37. The summed E-state index contributed by atoms with van der Waals surface area (Å²) in [5.74, 6) is -0.733. The predicted octanol–water partition coefficient (Wildman–Crippen LogP) is -0.368. The first kappa shape index (κ1) is 14.9. The molecule has 0 aromatic heterocycles. The van der Waals surface area contributed by atoms with Crippen molar-refractivity contribution < 1.29 is 19.1 Å². The lowest BCUT2D eigenvalue weighted by Crippen LogP contribution is -2.56. The number of methoxy groups -OCH3 is 1. The van der Waals surface area contributed by atoms with Crippen LogP contribution in [0, 0.1) is 5.92 Å². The van der Waals surface area contributed by atoms with E-state index in [-0.39, 0.29) is 23.9 Å². The van der Waals surface area contributed by atoms with Gasteiger partial charge in [-0.3, -0.25) is 14.5 Å². The van der Waals surface area contributed by atoms with Gasteiger partial charge in [0.15, 0.2) is 0 Å². The molecule has 0 bridgehead atoms. The summed E-state index contributed by atoms with van der Waals surface area (Å²) in [5, 5.41) is 3.16. The Morgan fingerprint density at radius 1 is 1.50 bits per heavy atom. The number of piperazine rings is 1. The Kier molecular flexibility index (Phi) is 6.07. The molecule has 1 rings (SSSR count). The molecule has 6 heteroatoms. The molecule has 104 valence electrons. The number of esters is 2. The highest BCUT2D eigenvalue weighted by Crippen LogP contribution is 2.10. The van der Waals surface area contributed by atoms with Crippen LogP contribution in [0.25, 0.3) is 0 Å². The second-order valence-corrected chi connectivity index (χ2v) is 4.39. The number of hydrogen-bond acceptors (Lipinski definition) is 6. The number of nitrogens with one attached hydrogen (secondary N) is 1. The fourth-order valence-electron chi connectivity index (χ4n) is 2.06. The number of rotatable bonds is 5. The second kappa shape index (κ2) is 7.33. The van der Waals surface area contributed by atoms with Gasteiger partial charge in [0.2, 0.25) is 0 Å². The first-order valence-corrected chi connectivity index (χ1v) is 6.29. The van der Waals surface area contributed by atoms with Gasteiger partial charge in [0.05, 0.1) is 19.6 Å². The first-order valence-electron chi connectivity index (χ1n) is 6.29. The van der Waals surface area contributed by atoms with E-state index in [1.54, 1.807) is 13.8 Å². The Morgan fingerprint density at radius 2 is 2.22 bits per heavy atom. The summed E-state index contributed by atoms with van der Waals surface area (Å²) in [6.07, 6.45) is 0. The Bertz CT molecular complexity index is 296. The third-order valence-corrected chi connectivity index (χ3v) is 3.02. The van der Waals surface area contributed by atoms with E-state index in [4.69, 9.17) is 9.47 Å². The van der Waals surface area contributed by atoms with Crippen molar-refractivity contribution in [2.24, 2.45) is 5.92 Å². The molecule has 0 aliphatic carbocycles. The van der Waals surface area contributed by atoms with E-state index in [0.717, 1.165) is 13.1 Å². The molecule has 1 heterocycles. The molecule has 18 heavy (non-hydrogen) atoms. The van der Waals surface area contributed by atoms with Gasteiger partial charge in [0, 0.05) is 26.2 Å². The van der Waals surface area contributed by atoms with Gasteiger partial charge in [0.25, 0.3) is 0 Å². The minimum absolute atomic E-state index is 0.234. The van der Waals surface area contributed by atoms with E-state index in [2.05, 4.69) is 5.32 Å². The third kappa shape index (κ3) is 3.96. The van der Waals surface area contributed by atoms with E-state index in [9.17, 15) is 9.59 Å². The molecule has 1 aliphatic rings. The zero-order valence-corrected chi connectivity index (χ0v) is 11.3. The molecule has 0 radical (unpaired) electrons. The van der Waals surface area contributed by atoms with Crippen molar-refractivity contribution in [3.05, 3.63) is 0 Å². The fraction of sp³-hybridized carbons (Fsp3) is 0.833.